The molecule has 1 rings (SSSR count). The number of nitrogens with one attached hydrogen (secondary N) is 1. The monoisotopic (exact) mass is 201 g/mol. The van der Waals surface area contributed by atoms with Crippen LogP contribution in [0.25, 0.3) is 0 Å². The van der Waals surface area contributed by atoms with Gasteiger partial charge in [0.1, 0.15) is 0 Å². The van der Waals surface area contributed by atoms with Crippen LogP contribution in [-0.4, -0.2) is 17.8 Å². The van der Waals surface area contributed by atoms with Gasteiger partial charge in [-0.15, -0.1) is 0 Å². The minimum absolute atomic E-state index is 0.289. The Kier molecular flexibility index (Phi) is 4.11. The molecule has 1 aliphatic carbocycles. The lowest BCUT2D eigenvalue weighted by Gasteiger charge is -2.21. The molecule has 1 nitrogen and oxygen atoms in total. The molecule has 0 aromatic rings. The van der Waals surface area contributed by atoms with Gasteiger partial charge in [-0.25, -0.2) is 0 Å². The topological polar surface area (TPSA) is 12.0 Å². The first-order chi connectivity index (χ1) is 6.06. The molecular weight excluding hydrogens is 178 g/mol. The van der Waals surface area contributed by atoms with Crippen LogP contribution >= 0.6 is 12.6 Å². The van der Waals surface area contributed by atoms with Crippen molar-refractivity contribution in [3.05, 3.63) is 0 Å². The highest BCUT2D eigenvalue weighted by atomic mass is 32.1. The standard InChI is InChI=1S/C11H23NS/c1-4-12-6-5-10-7-9(2)11(3,13)8-10/h9-10,12-13H,4-8H2,1-3H3. The summed E-state index contributed by atoms with van der Waals surface area (Å²) in [6.45, 7) is 9.06. The zero-order chi connectivity index (χ0) is 9.90. The van der Waals surface area contributed by atoms with Gasteiger partial charge in [-0.1, -0.05) is 20.8 Å². The Labute approximate surface area is 88.1 Å². The van der Waals surface area contributed by atoms with Crippen molar-refractivity contribution in [3.8, 4) is 0 Å². The molecule has 1 saturated carbocycles. The quantitative estimate of drug-likeness (QED) is 0.526. The lowest BCUT2D eigenvalue weighted by Crippen LogP contribution is -2.19. The fourth-order valence-corrected chi connectivity index (χ4v) is 2.69. The van der Waals surface area contributed by atoms with Gasteiger partial charge in [0.05, 0.1) is 0 Å². The summed E-state index contributed by atoms with van der Waals surface area (Å²) >= 11 is 4.73. The van der Waals surface area contributed by atoms with Gasteiger partial charge in [0.15, 0.2) is 0 Å². The smallest absolute Gasteiger partial charge is 0.0130 e. The molecule has 0 aromatic carbocycles. The third-order valence-electron chi connectivity index (χ3n) is 3.43. The van der Waals surface area contributed by atoms with Gasteiger partial charge in [-0.3, -0.25) is 0 Å². The Morgan fingerprint density at radius 2 is 2.23 bits per heavy atom. The number of hydrogen-bond acceptors (Lipinski definition) is 2. The summed E-state index contributed by atoms with van der Waals surface area (Å²) in [5.41, 5.74) is 0. The molecule has 3 atom stereocenters. The number of rotatable bonds is 4. The zero-order valence-corrected chi connectivity index (χ0v) is 10.0. The van der Waals surface area contributed by atoms with Gasteiger partial charge in [0.25, 0.3) is 0 Å². The van der Waals surface area contributed by atoms with E-state index in [0.29, 0.717) is 0 Å². The molecule has 13 heavy (non-hydrogen) atoms. The molecule has 2 heteroatoms. The second-order valence-electron chi connectivity index (χ2n) is 4.71. The summed E-state index contributed by atoms with van der Waals surface area (Å²) in [5, 5.41) is 3.39. The SMILES string of the molecule is CCNCCC1CC(C)C(C)(S)C1. The highest BCUT2D eigenvalue weighted by Crippen LogP contribution is 2.44. The van der Waals surface area contributed by atoms with E-state index < -0.39 is 0 Å². The maximum Gasteiger partial charge on any atom is 0.0130 e. The first-order valence-corrected chi connectivity index (χ1v) is 5.94. The second kappa shape index (κ2) is 4.70. The van der Waals surface area contributed by atoms with E-state index in [9.17, 15) is 0 Å². The second-order valence-corrected chi connectivity index (χ2v) is 5.73. The van der Waals surface area contributed by atoms with E-state index in [1.54, 1.807) is 0 Å². The molecule has 3 unspecified atom stereocenters. The molecule has 0 amide bonds. The molecule has 1 fully saturated rings. The highest BCUT2D eigenvalue weighted by molar-refractivity contribution is 7.81. The van der Waals surface area contributed by atoms with Crippen LogP contribution in [0.15, 0.2) is 0 Å². The lowest BCUT2D eigenvalue weighted by molar-refractivity contribution is 0.464. The van der Waals surface area contributed by atoms with Crippen molar-refractivity contribution < 1.29 is 0 Å². The summed E-state index contributed by atoms with van der Waals surface area (Å²) in [7, 11) is 0. The molecular formula is C11H23NS. The van der Waals surface area contributed by atoms with E-state index in [0.717, 1.165) is 18.4 Å². The van der Waals surface area contributed by atoms with Crippen LogP contribution in [0.5, 0.6) is 0 Å². The first kappa shape index (κ1) is 11.4. The Morgan fingerprint density at radius 3 is 2.69 bits per heavy atom. The van der Waals surface area contributed by atoms with Gasteiger partial charge in [-0.2, -0.15) is 12.6 Å². The fraction of sp³-hybridized carbons (Fsp3) is 1.00. The van der Waals surface area contributed by atoms with E-state index in [-0.39, 0.29) is 4.75 Å². The van der Waals surface area contributed by atoms with Gasteiger partial charge in [-0.05, 0) is 44.2 Å². The summed E-state index contributed by atoms with van der Waals surface area (Å²) < 4.78 is 0.289. The molecule has 0 aromatic heterocycles. The van der Waals surface area contributed by atoms with Gasteiger partial charge < -0.3 is 5.32 Å². The van der Waals surface area contributed by atoms with Gasteiger partial charge >= 0.3 is 0 Å². The minimum Gasteiger partial charge on any atom is -0.317 e. The van der Waals surface area contributed by atoms with E-state index in [4.69, 9.17) is 12.6 Å². The molecule has 0 aliphatic heterocycles. The number of thiol groups is 1. The van der Waals surface area contributed by atoms with E-state index in [1.165, 1.54) is 25.8 Å². The Morgan fingerprint density at radius 1 is 1.54 bits per heavy atom. The Balaban J connectivity index is 2.24. The van der Waals surface area contributed by atoms with Crippen LogP contribution in [0.1, 0.15) is 40.0 Å². The van der Waals surface area contributed by atoms with Crippen molar-refractivity contribution >= 4 is 12.6 Å². The largest absolute Gasteiger partial charge is 0.317 e. The highest BCUT2D eigenvalue weighted by Gasteiger charge is 2.37. The average molecular weight is 201 g/mol. The summed E-state index contributed by atoms with van der Waals surface area (Å²) in [6.07, 6.45) is 3.99. The van der Waals surface area contributed by atoms with Crippen LogP contribution in [0.2, 0.25) is 0 Å². The van der Waals surface area contributed by atoms with Gasteiger partial charge in [0, 0.05) is 4.75 Å². The summed E-state index contributed by atoms with van der Waals surface area (Å²) in [4.78, 5) is 0. The third kappa shape index (κ3) is 3.17. The summed E-state index contributed by atoms with van der Waals surface area (Å²) in [6, 6.07) is 0. The third-order valence-corrected chi connectivity index (χ3v) is 4.05. The molecule has 0 heterocycles. The Hall–Kier alpha value is 0.310. The Bertz CT molecular complexity index is 156. The van der Waals surface area contributed by atoms with Crippen molar-refractivity contribution in [2.75, 3.05) is 13.1 Å². The van der Waals surface area contributed by atoms with Gasteiger partial charge in [0.2, 0.25) is 0 Å². The van der Waals surface area contributed by atoms with Crippen LogP contribution in [-0.2, 0) is 0 Å². The molecule has 1 N–H and O–H groups in total. The fourth-order valence-electron chi connectivity index (χ4n) is 2.33. The van der Waals surface area contributed by atoms with Crippen molar-refractivity contribution in [2.24, 2.45) is 11.8 Å². The van der Waals surface area contributed by atoms with Crippen LogP contribution in [0.3, 0.4) is 0 Å². The normalized spacial score (nSPS) is 39.7. The predicted molar refractivity (Wildman–Crippen MR) is 62.4 cm³/mol. The van der Waals surface area contributed by atoms with E-state index in [2.05, 4.69) is 26.1 Å². The summed E-state index contributed by atoms with van der Waals surface area (Å²) in [5.74, 6) is 1.68. The van der Waals surface area contributed by atoms with Crippen molar-refractivity contribution in [2.45, 2.75) is 44.8 Å². The van der Waals surface area contributed by atoms with Crippen molar-refractivity contribution in [1.82, 2.24) is 5.32 Å². The predicted octanol–water partition coefficient (Wildman–Crippen LogP) is 2.72. The lowest BCUT2D eigenvalue weighted by atomic mass is 10.00. The van der Waals surface area contributed by atoms with Crippen LogP contribution in [0, 0.1) is 11.8 Å². The molecule has 0 saturated heterocycles. The van der Waals surface area contributed by atoms with Crippen molar-refractivity contribution in [3.63, 3.8) is 0 Å². The molecule has 78 valence electrons. The maximum atomic E-state index is 4.73. The minimum atomic E-state index is 0.289. The van der Waals surface area contributed by atoms with Crippen LogP contribution < -0.4 is 5.32 Å². The van der Waals surface area contributed by atoms with Crippen molar-refractivity contribution in [1.29, 1.82) is 0 Å². The molecule has 0 bridgehead atoms. The van der Waals surface area contributed by atoms with E-state index in [1.807, 2.05) is 0 Å². The molecule has 0 spiro atoms. The zero-order valence-electron chi connectivity index (χ0n) is 9.14. The average Bonchev–Trinajstić information content (AvgIpc) is 2.27. The molecule has 0 radical (unpaired) electrons. The van der Waals surface area contributed by atoms with Crippen LogP contribution in [0.4, 0.5) is 0 Å². The maximum absolute atomic E-state index is 4.73. The van der Waals surface area contributed by atoms with E-state index >= 15 is 0 Å². The first-order valence-electron chi connectivity index (χ1n) is 5.49. The number of hydrogen-bond donors (Lipinski definition) is 2. The molecule has 1 aliphatic rings.